The fraction of sp³-hybridized carbons (Fsp3) is 0.267. The van der Waals surface area contributed by atoms with Crippen molar-refractivity contribution in [3.63, 3.8) is 0 Å². The van der Waals surface area contributed by atoms with Crippen LogP contribution in [0.25, 0.3) is 10.8 Å². The van der Waals surface area contributed by atoms with E-state index in [-0.39, 0.29) is 5.91 Å². The van der Waals surface area contributed by atoms with Crippen LogP contribution in [0.1, 0.15) is 18.4 Å². The molecule has 0 spiro atoms. The molecule has 2 aromatic carbocycles. The number of benzene rings is 2. The molecule has 2 aromatic rings. The summed E-state index contributed by atoms with van der Waals surface area (Å²) in [6, 6.07) is 12.5. The molecule has 0 atom stereocenters. The number of amides is 1. The van der Waals surface area contributed by atoms with Gasteiger partial charge in [0.25, 0.3) is 0 Å². The Hall–Kier alpha value is -1.35. The van der Waals surface area contributed by atoms with Gasteiger partial charge in [0.1, 0.15) is 0 Å². The molecule has 0 N–H and O–H groups in total. The number of carbonyl (C=O) groups is 1. The average Bonchev–Trinajstić information content (AvgIpc) is 2.79. The second-order valence-electron chi connectivity index (χ2n) is 4.68. The molecule has 0 bridgehead atoms. The molecule has 1 aliphatic heterocycles. The molecular weight excluding hydrogens is 290 g/mol. The fourth-order valence-electron chi connectivity index (χ4n) is 2.48. The molecule has 0 aliphatic carbocycles. The summed E-state index contributed by atoms with van der Waals surface area (Å²) < 4.78 is 1.11. The minimum absolute atomic E-state index is 0.273. The highest BCUT2D eigenvalue weighted by atomic mass is 79.9. The molecule has 92 valence electrons. The number of hydrogen-bond acceptors (Lipinski definition) is 1. The van der Waals surface area contributed by atoms with Crippen LogP contribution >= 0.6 is 15.9 Å². The van der Waals surface area contributed by atoms with Gasteiger partial charge in [-0.3, -0.25) is 4.79 Å². The quantitative estimate of drug-likeness (QED) is 0.828. The number of rotatable bonds is 2. The zero-order chi connectivity index (χ0) is 12.5. The molecule has 1 fully saturated rings. The van der Waals surface area contributed by atoms with Gasteiger partial charge in [-0.15, -0.1) is 0 Å². The smallest absolute Gasteiger partial charge is 0.222 e. The van der Waals surface area contributed by atoms with Gasteiger partial charge in [0, 0.05) is 24.0 Å². The maximum Gasteiger partial charge on any atom is 0.222 e. The van der Waals surface area contributed by atoms with Crippen molar-refractivity contribution < 1.29 is 4.79 Å². The number of likely N-dealkylation sites (tertiary alicyclic amines) is 1. The van der Waals surface area contributed by atoms with Crippen LogP contribution in [0.15, 0.2) is 40.9 Å². The summed E-state index contributed by atoms with van der Waals surface area (Å²) in [5.41, 5.74) is 1.18. The molecule has 1 amide bonds. The molecule has 1 heterocycles. The molecule has 0 radical (unpaired) electrons. The van der Waals surface area contributed by atoms with Crippen LogP contribution in [0.2, 0.25) is 0 Å². The Balaban J connectivity index is 1.97. The van der Waals surface area contributed by atoms with E-state index in [0.29, 0.717) is 13.0 Å². The third kappa shape index (κ3) is 2.03. The third-order valence-corrected chi connectivity index (χ3v) is 4.41. The average molecular weight is 304 g/mol. The molecular formula is C15H14BrNO. The number of nitrogens with zero attached hydrogens (tertiary/aromatic N) is 1. The van der Waals surface area contributed by atoms with Crippen molar-refractivity contribution in [1.29, 1.82) is 0 Å². The first kappa shape index (κ1) is 11.7. The predicted molar refractivity (Wildman–Crippen MR) is 76.3 cm³/mol. The standard InChI is InChI=1S/C15H14BrNO/c16-15-12(10-17-9-3-6-14(17)18)8-7-11-4-1-2-5-13(11)15/h1-2,4-5,7-8H,3,6,9-10H2. The highest BCUT2D eigenvalue weighted by molar-refractivity contribution is 9.10. The Morgan fingerprint density at radius 2 is 2.00 bits per heavy atom. The van der Waals surface area contributed by atoms with Crippen LogP contribution in [-0.4, -0.2) is 17.4 Å². The molecule has 3 heteroatoms. The molecule has 0 unspecified atom stereocenters. The maximum atomic E-state index is 11.7. The van der Waals surface area contributed by atoms with E-state index in [2.05, 4.69) is 40.2 Å². The Labute approximate surface area is 115 Å². The summed E-state index contributed by atoms with van der Waals surface area (Å²) in [5.74, 6) is 0.273. The van der Waals surface area contributed by atoms with Crippen molar-refractivity contribution >= 4 is 32.6 Å². The molecule has 0 aromatic heterocycles. The second kappa shape index (κ2) is 4.73. The topological polar surface area (TPSA) is 20.3 Å². The van der Waals surface area contributed by atoms with Crippen LogP contribution in [0.5, 0.6) is 0 Å². The van der Waals surface area contributed by atoms with Crippen LogP contribution in [0.3, 0.4) is 0 Å². The zero-order valence-corrected chi connectivity index (χ0v) is 11.6. The lowest BCUT2D eigenvalue weighted by Crippen LogP contribution is -2.24. The first-order valence-corrected chi connectivity index (χ1v) is 6.99. The van der Waals surface area contributed by atoms with Crippen LogP contribution < -0.4 is 0 Å². The maximum absolute atomic E-state index is 11.7. The zero-order valence-electron chi connectivity index (χ0n) is 10.0. The third-order valence-electron chi connectivity index (χ3n) is 3.48. The molecule has 18 heavy (non-hydrogen) atoms. The molecule has 1 aliphatic rings. The van der Waals surface area contributed by atoms with Crippen LogP contribution in [0.4, 0.5) is 0 Å². The van der Waals surface area contributed by atoms with E-state index < -0.39 is 0 Å². The van der Waals surface area contributed by atoms with Crippen LogP contribution in [0, 0.1) is 0 Å². The molecule has 3 rings (SSSR count). The number of fused-ring (bicyclic) bond motifs is 1. The SMILES string of the molecule is O=C1CCCN1Cc1ccc2ccccc2c1Br. The van der Waals surface area contributed by atoms with E-state index in [1.807, 2.05) is 17.0 Å². The summed E-state index contributed by atoms with van der Waals surface area (Å²) in [4.78, 5) is 13.6. The van der Waals surface area contributed by atoms with Crippen LogP contribution in [-0.2, 0) is 11.3 Å². The van der Waals surface area contributed by atoms with E-state index in [0.717, 1.165) is 17.4 Å². The first-order chi connectivity index (χ1) is 8.75. The van der Waals surface area contributed by atoms with E-state index in [4.69, 9.17) is 0 Å². The molecule has 0 saturated carbocycles. The fourth-order valence-corrected chi connectivity index (χ4v) is 3.10. The van der Waals surface area contributed by atoms with Crippen molar-refractivity contribution in [2.24, 2.45) is 0 Å². The summed E-state index contributed by atoms with van der Waals surface area (Å²) in [7, 11) is 0. The largest absolute Gasteiger partial charge is 0.338 e. The van der Waals surface area contributed by atoms with Crippen molar-refractivity contribution in [3.8, 4) is 0 Å². The van der Waals surface area contributed by atoms with Gasteiger partial charge in [-0.25, -0.2) is 0 Å². The lowest BCUT2D eigenvalue weighted by Gasteiger charge is -2.17. The lowest BCUT2D eigenvalue weighted by atomic mass is 10.1. The number of halogens is 1. The highest BCUT2D eigenvalue weighted by Crippen LogP contribution is 2.29. The first-order valence-electron chi connectivity index (χ1n) is 6.19. The van der Waals surface area contributed by atoms with Gasteiger partial charge in [-0.1, -0.05) is 36.4 Å². The van der Waals surface area contributed by atoms with Gasteiger partial charge in [-0.05, 0) is 38.7 Å². The summed E-state index contributed by atoms with van der Waals surface area (Å²) in [6.45, 7) is 1.60. The van der Waals surface area contributed by atoms with E-state index in [1.165, 1.54) is 16.3 Å². The highest BCUT2D eigenvalue weighted by Gasteiger charge is 2.21. The monoisotopic (exact) mass is 303 g/mol. The predicted octanol–water partition coefficient (Wildman–Crippen LogP) is 3.72. The van der Waals surface area contributed by atoms with Gasteiger partial charge in [-0.2, -0.15) is 0 Å². The van der Waals surface area contributed by atoms with E-state index in [9.17, 15) is 4.79 Å². The Kier molecular flexibility index (Phi) is 3.08. The summed E-state index contributed by atoms with van der Waals surface area (Å²) in [5, 5.41) is 2.43. The lowest BCUT2D eigenvalue weighted by molar-refractivity contribution is -0.128. The minimum atomic E-state index is 0.273. The Bertz CT molecular complexity index is 608. The van der Waals surface area contributed by atoms with Crippen molar-refractivity contribution in [2.75, 3.05) is 6.54 Å². The second-order valence-corrected chi connectivity index (χ2v) is 5.47. The number of hydrogen-bond donors (Lipinski definition) is 0. The van der Waals surface area contributed by atoms with Crippen molar-refractivity contribution in [1.82, 2.24) is 4.90 Å². The summed E-state index contributed by atoms with van der Waals surface area (Å²) in [6.07, 6.45) is 1.69. The minimum Gasteiger partial charge on any atom is -0.338 e. The van der Waals surface area contributed by atoms with Gasteiger partial charge in [0.2, 0.25) is 5.91 Å². The van der Waals surface area contributed by atoms with Crippen molar-refractivity contribution in [3.05, 3.63) is 46.4 Å². The normalized spacial score (nSPS) is 15.6. The Morgan fingerprint density at radius 3 is 2.78 bits per heavy atom. The Morgan fingerprint density at radius 1 is 1.17 bits per heavy atom. The number of carbonyl (C=O) groups excluding carboxylic acids is 1. The summed E-state index contributed by atoms with van der Waals surface area (Å²) >= 11 is 3.67. The van der Waals surface area contributed by atoms with Gasteiger partial charge >= 0.3 is 0 Å². The van der Waals surface area contributed by atoms with E-state index in [1.54, 1.807) is 0 Å². The molecule has 2 nitrogen and oxygen atoms in total. The van der Waals surface area contributed by atoms with Gasteiger partial charge in [0.15, 0.2) is 0 Å². The van der Waals surface area contributed by atoms with E-state index >= 15 is 0 Å². The van der Waals surface area contributed by atoms with Crippen molar-refractivity contribution in [2.45, 2.75) is 19.4 Å². The molecule has 1 saturated heterocycles. The van der Waals surface area contributed by atoms with Gasteiger partial charge < -0.3 is 4.90 Å². The van der Waals surface area contributed by atoms with Gasteiger partial charge in [0.05, 0.1) is 0 Å².